The summed E-state index contributed by atoms with van der Waals surface area (Å²) >= 11 is 1.25. The quantitative estimate of drug-likeness (QED) is 0.505. The molecule has 27 heavy (non-hydrogen) atoms. The van der Waals surface area contributed by atoms with Gasteiger partial charge in [-0.1, -0.05) is 0 Å². The van der Waals surface area contributed by atoms with Crippen molar-refractivity contribution in [1.82, 2.24) is 14.5 Å². The van der Waals surface area contributed by atoms with Crippen molar-refractivity contribution in [3.63, 3.8) is 0 Å². The number of carbonyl (C=O) groups excluding carboxylic acids is 1. The summed E-state index contributed by atoms with van der Waals surface area (Å²) in [5, 5.41) is 0.666. The zero-order valence-corrected chi connectivity index (χ0v) is 15.4. The van der Waals surface area contributed by atoms with Crippen molar-refractivity contribution < 1.29 is 14.3 Å². The zero-order chi connectivity index (χ0) is 19.0. The molecule has 0 fully saturated rings. The molecule has 3 heterocycles. The van der Waals surface area contributed by atoms with Gasteiger partial charge >= 0.3 is 5.97 Å². The summed E-state index contributed by atoms with van der Waals surface area (Å²) in [4.78, 5) is 34.3. The van der Waals surface area contributed by atoms with Crippen LogP contribution in [0.1, 0.15) is 17.3 Å². The van der Waals surface area contributed by atoms with E-state index in [4.69, 9.17) is 9.47 Å². The van der Waals surface area contributed by atoms with Gasteiger partial charge in [-0.15, -0.1) is 11.3 Å². The van der Waals surface area contributed by atoms with E-state index in [1.54, 1.807) is 44.4 Å². The van der Waals surface area contributed by atoms with Crippen molar-refractivity contribution in [3.05, 3.63) is 58.8 Å². The maximum Gasteiger partial charge on any atom is 0.339 e. The predicted octanol–water partition coefficient (Wildman–Crippen LogP) is 3.18. The van der Waals surface area contributed by atoms with Crippen LogP contribution < -0.4 is 10.3 Å². The third kappa shape index (κ3) is 2.93. The fourth-order valence-corrected chi connectivity index (χ4v) is 3.78. The lowest BCUT2D eigenvalue weighted by Gasteiger charge is -2.06. The van der Waals surface area contributed by atoms with Gasteiger partial charge in [-0.2, -0.15) is 0 Å². The van der Waals surface area contributed by atoms with Gasteiger partial charge in [-0.05, 0) is 37.3 Å². The van der Waals surface area contributed by atoms with Gasteiger partial charge in [-0.25, -0.2) is 14.8 Å². The maximum absolute atomic E-state index is 13.0. The molecule has 0 aliphatic carbocycles. The molecule has 0 radical (unpaired) electrons. The molecule has 0 atom stereocenters. The summed E-state index contributed by atoms with van der Waals surface area (Å²) in [6, 6.07) is 8.81. The Balaban J connectivity index is 1.86. The second-order valence-corrected chi connectivity index (χ2v) is 6.69. The fraction of sp³-hybridized carbons (Fsp3) is 0.158. The molecule has 0 saturated carbocycles. The number of benzene rings is 1. The van der Waals surface area contributed by atoms with Crippen molar-refractivity contribution in [2.24, 2.45) is 0 Å². The van der Waals surface area contributed by atoms with Gasteiger partial charge in [0.15, 0.2) is 0 Å². The third-order valence-electron chi connectivity index (χ3n) is 4.10. The average Bonchev–Trinajstić information content (AvgIpc) is 3.07. The molecular weight excluding hydrogens is 366 g/mol. The monoisotopic (exact) mass is 381 g/mol. The van der Waals surface area contributed by atoms with Crippen LogP contribution in [0.2, 0.25) is 0 Å². The summed E-state index contributed by atoms with van der Waals surface area (Å²) < 4.78 is 12.1. The van der Waals surface area contributed by atoms with Gasteiger partial charge in [0, 0.05) is 11.6 Å². The van der Waals surface area contributed by atoms with Gasteiger partial charge in [0.2, 0.25) is 0 Å². The summed E-state index contributed by atoms with van der Waals surface area (Å²) in [6.45, 7) is 2.03. The topological polar surface area (TPSA) is 83.3 Å². The van der Waals surface area contributed by atoms with Crippen molar-refractivity contribution >= 4 is 37.7 Å². The minimum Gasteiger partial charge on any atom is -0.497 e. The first kappa shape index (κ1) is 17.2. The minimum atomic E-state index is -0.446. The Hall–Kier alpha value is -3.26. The van der Waals surface area contributed by atoms with Crippen molar-refractivity contribution in [3.8, 4) is 11.4 Å². The Morgan fingerprint density at radius 1 is 1.22 bits per heavy atom. The molecule has 8 heteroatoms. The summed E-state index contributed by atoms with van der Waals surface area (Å²) in [5.41, 5.74) is 1.37. The Morgan fingerprint density at radius 2 is 2.00 bits per heavy atom. The van der Waals surface area contributed by atoms with E-state index in [1.807, 2.05) is 0 Å². The van der Waals surface area contributed by atoms with Crippen LogP contribution in [0.15, 0.2) is 47.7 Å². The average molecular weight is 381 g/mol. The number of ether oxygens (including phenoxy) is 2. The molecule has 1 aromatic carbocycles. The number of thiophene rings is 1. The molecule has 4 rings (SSSR count). The molecule has 0 saturated heterocycles. The fourth-order valence-electron chi connectivity index (χ4n) is 2.77. The van der Waals surface area contributed by atoms with E-state index in [2.05, 4.69) is 9.97 Å². The summed E-state index contributed by atoms with van der Waals surface area (Å²) in [5.74, 6) is 0.260. The molecule has 7 nitrogen and oxygen atoms in total. The smallest absolute Gasteiger partial charge is 0.339 e. The number of methoxy groups -OCH3 is 1. The highest BCUT2D eigenvalue weighted by Gasteiger charge is 2.16. The van der Waals surface area contributed by atoms with Gasteiger partial charge in [0.1, 0.15) is 21.6 Å². The molecule has 0 amide bonds. The normalized spacial score (nSPS) is 11.0. The highest BCUT2D eigenvalue weighted by Crippen LogP contribution is 2.29. The molecule has 0 unspecified atom stereocenters. The Kier molecular flexibility index (Phi) is 4.33. The second-order valence-electron chi connectivity index (χ2n) is 5.69. The van der Waals surface area contributed by atoms with Crippen LogP contribution in [0, 0.1) is 0 Å². The van der Waals surface area contributed by atoms with E-state index in [-0.39, 0.29) is 12.2 Å². The zero-order valence-electron chi connectivity index (χ0n) is 14.6. The molecule has 0 N–H and O–H groups in total. The van der Waals surface area contributed by atoms with E-state index in [1.165, 1.54) is 28.4 Å². The third-order valence-corrected chi connectivity index (χ3v) is 5.19. The van der Waals surface area contributed by atoms with E-state index < -0.39 is 5.97 Å². The van der Waals surface area contributed by atoms with Crippen LogP contribution in [0.25, 0.3) is 26.1 Å². The number of hydrogen-bond acceptors (Lipinski definition) is 7. The number of nitrogens with zero attached hydrogens (tertiary/aromatic N) is 3. The van der Waals surface area contributed by atoms with Crippen LogP contribution in [0.5, 0.6) is 5.75 Å². The summed E-state index contributed by atoms with van der Waals surface area (Å²) in [6.07, 6.45) is 2.94. The Labute approximate surface area is 157 Å². The highest BCUT2D eigenvalue weighted by molar-refractivity contribution is 7.25. The summed E-state index contributed by atoms with van der Waals surface area (Å²) in [7, 11) is 1.59. The second kappa shape index (κ2) is 6.81. The lowest BCUT2D eigenvalue weighted by atomic mass is 10.2. The van der Waals surface area contributed by atoms with Crippen LogP contribution in [0.4, 0.5) is 0 Å². The Bertz CT molecular complexity index is 1210. The molecule has 136 valence electrons. The van der Waals surface area contributed by atoms with E-state index in [0.29, 0.717) is 37.4 Å². The Morgan fingerprint density at radius 3 is 2.70 bits per heavy atom. The molecular formula is C19H15N3O4S. The van der Waals surface area contributed by atoms with E-state index in [9.17, 15) is 9.59 Å². The molecule has 0 bridgehead atoms. The van der Waals surface area contributed by atoms with Crippen LogP contribution in [-0.4, -0.2) is 34.2 Å². The van der Waals surface area contributed by atoms with Crippen molar-refractivity contribution in [2.45, 2.75) is 6.92 Å². The molecule has 4 aromatic rings. The first-order valence-corrected chi connectivity index (χ1v) is 9.05. The van der Waals surface area contributed by atoms with Gasteiger partial charge in [-0.3, -0.25) is 9.36 Å². The highest BCUT2D eigenvalue weighted by atomic mass is 32.1. The van der Waals surface area contributed by atoms with E-state index in [0.717, 1.165) is 0 Å². The number of pyridine rings is 1. The van der Waals surface area contributed by atoms with E-state index >= 15 is 0 Å². The lowest BCUT2D eigenvalue weighted by Crippen LogP contribution is -2.17. The molecule has 0 aliphatic heterocycles. The molecule has 0 spiro atoms. The number of hydrogen-bond donors (Lipinski definition) is 0. The van der Waals surface area contributed by atoms with Crippen molar-refractivity contribution in [1.29, 1.82) is 0 Å². The SMILES string of the molecule is CCOC(=O)c1cnc2sc3c(=O)n(-c4ccc(OC)cc4)cnc3c2c1. The lowest BCUT2D eigenvalue weighted by molar-refractivity contribution is 0.0526. The molecule has 3 aromatic heterocycles. The predicted molar refractivity (Wildman–Crippen MR) is 103 cm³/mol. The van der Waals surface area contributed by atoms with Gasteiger partial charge in [0.05, 0.1) is 30.5 Å². The van der Waals surface area contributed by atoms with Gasteiger partial charge < -0.3 is 9.47 Å². The minimum absolute atomic E-state index is 0.189. The largest absolute Gasteiger partial charge is 0.497 e. The van der Waals surface area contributed by atoms with Crippen LogP contribution in [-0.2, 0) is 4.74 Å². The standard InChI is InChI=1S/C19H15N3O4S/c1-3-26-19(24)11-8-14-15-16(27-17(14)20-9-11)18(23)22(10-21-15)12-4-6-13(25-2)7-5-12/h4-10H,3H2,1-2H3. The number of aromatic nitrogens is 3. The van der Waals surface area contributed by atoms with Gasteiger partial charge in [0.25, 0.3) is 5.56 Å². The van der Waals surface area contributed by atoms with Crippen LogP contribution >= 0.6 is 11.3 Å². The van der Waals surface area contributed by atoms with Crippen LogP contribution in [0.3, 0.4) is 0 Å². The number of carbonyl (C=O) groups is 1. The number of fused-ring (bicyclic) bond motifs is 3. The van der Waals surface area contributed by atoms with Crippen molar-refractivity contribution in [2.75, 3.05) is 13.7 Å². The number of esters is 1. The maximum atomic E-state index is 13.0. The first-order valence-electron chi connectivity index (χ1n) is 8.24. The number of rotatable bonds is 4. The first-order chi connectivity index (χ1) is 13.1. The molecule has 0 aliphatic rings.